The molecule has 4 heteroatoms. The van der Waals surface area contributed by atoms with Gasteiger partial charge in [-0.1, -0.05) is 19.3 Å². The molecule has 1 saturated carbocycles. The lowest BCUT2D eigenvalue weighted by Crippen LogP contribution is -2.51. The van der Waals surface area contributed by atoms with Crippen LogP contribution in [0.2, 0.25) is 0 Å². The number of rotatable bonds is 6. The van der Waals surface area contributed by atoms with E-state index in [0.717, 1.165) is 25.0 Å². The molecule has 3 aliphatic rings. The maximum atomic E-state index is 12.6. The predicted molar refractivity (Wildman–Crippen MR) is 104 cm³/mol. The molecule has 1 N–H and O–H groups in total. The van der Waals surface area contributed by atoms with Gasteiger partial charge in [0.2, 0.25) is 5.91 Å². The summed E-state index contributed by atoms with van der Waals surface area (Å²) in [7, 11) is 0. The Morgan fingerprint density at radius 3 is 2.32 bits per heavy atom. The maximum absolute atomic E-state index is 12.6. The Balaban J connectivity index is 1.41. The van der Waals surface area contributed by atoms with Crippen LogP contribution in [-0.2, 0) is 4.79 Å². The van der Waals surface area contributed by atoms with Crippen LogP contribution in [0.15, 0.2) is 0 Å². The summed E-state index contributed by atoms with van der Waals surface area (Å²) in [6.45, 7) is 9.03. The lowest BCUT2D eigenvalue weighted by atomic mass is 9.85. The van der Waals surface area contributed by atoms with Crippen LogP contribution in [0, 0.1) is 5.92 Å². The van der Waals surface area contributed by atoms with Crippen molar-refractivity contribution in [1.29, 1.82) is 0 Å². The Hall–Kier alpha value is -0.610. The lowest BCUT2D eigenvalue weighted by molar-refractivity contribution is -0.131. The maximum Gasteiger partial charge on any atom is 0.224 e. The molecule has 2 heterocycles. The summed E-state index contributed by atoms with van der Waals surface area (Å²) in [4.78, 5) is 17.4. The first-order valence-electron chi connectivity index (χ1n) is 10.9. The third-order valence-corrected chi connectivity index (χ3v) is 6.77. The smallest absolute Gasteiger partial charge is 0.224 e. The molecule has 0 aromatic heterocycles. The number of nitrogens with one attached hydrogen (secondary N) is 1. The number of carbonyl (C=O) groups is 1. The molecular weight excluding hydrogens is 310 g/mol. The van der Waals surface area contributed by atoms with Crippen LogP contribution in [0.1, 0.15) is 78.1 Å². The summed E-state index contributed by atoms with van der Waals surface area (Å²) in [6.07, 6.45) is 12.5. The van der Waals surface area contributed by atoms with Gasteiger partial charge in [0.25, 0.3) is 0 Å². The van der Waals surface area contributed by atoms with Gasteiger partial charge in [0.1, 0.15) is 0 Å². The van der Waals surface area contributed by atoms with Crippen molar-refractivity contribution in [2.75, 3.05) is 26.2 Å². The molecule has 1 amide bonds. The first-order chi connectivity index (χ1) is 12.1. The van der Waals surface area contributed by atoms with Gasteiger partial charge in [-0.25, -0.2) is 0 Å². The first-order valence-corrected chi connectivity index (χ1v) is 10.9. The summed E-state index contributed by atoms with van der Waals surface area (Å²) in [5.41, 5.74) is 0. The average Bonchev–Trinajstić information content (AvgIpc) is 2.82. The second kappa shape index (κ2) is 9.36. The molecule has 0 unspecified atom stereocenters. The van der Waals surface area contributed by atoms with Crippen molar-refractivity contribution in [1.82, 2.24) is 15.1 Å². The van der Waals surface area contributed by atoms with Gasteiger partial charge in [-0.2, -0.15) is 0 Å². The quantitative estimate of drug-likeness (QED) is 0.798. The first kappa shape index (κ1) is 19.2. The molecule has 25 heavy (non-hydrogen) atoms. The van der Waals surface area contributed by atoms with Crippen molar-refractivity contribution in [2.24, 2.45) is 5.92 Å². The molecule has 0 aromatic rings. The van der Waals surface area contributed by atoms with Gasteiger partial charge in [0, 0.05) is 44.2 Å². The number of likely N-dealkylation sites (tertiary alicyclic amines) is 2. The zero-order valence-electron chi connectivity index (χ0n) is 16.5. The number of nitrogens with zero attached hydrogens (tertiary/aromatic N) is 2. The molecule has 1 aliphatic carbocycles. The van der Waals surface area contributed by atoms with E-state index in [9.17, 15) is 4.79 Å². The van der Waals surface area contributed by atoms with Crippen LogP contribution >= 0.6 is 0 Å². The van der Waals surface area contributed by atoms with E-state index in [1.807, 2.05) is 0 Å². The van der Waals surface area contributed by atoms with Gasteiger partial charge in [-0.3, -0.25) is 4.79 Å². The minimum atomic E-state index is 0.282. The molecular formula is C21H39N3O. The fourth-order valence-electron chi connectivity index (χ4n) is 4.89. The highest BCUT2D eigenvalue weighted by molar-refractivity contribution is 5.76. The highest BCUT2D eigenvalue weighted by atomic mass is 16.2. The van der Waals surface area contributed by atoms with Crippen molar-refractivity contribution in [3.63, 3.8) is 0 Å². The van der Waals surface area contributed by atoms with Gasteiger partial charge in [-0.15, -0.1) is 0 Å². The van der Waals surface area contributed by atoms with E-state index in [1.165, 1.54) is 70.9 Å². The van der Waals surface area contributed by atoms with E-state index in [0.29, 0.717) is 18.4 Å². The van der Waals surface area contributed by atoms with E-state index in [-0.39, 0.29) is 6.04 Å². The monoisotopic (exact) mass is 349 g/mol. The van der Waals surface area contributed by atoms with Gasteiger partial charge < -0.3 is 15.1 Å². The molecule has 3 rings (SSSR count). The minimum Gasteiger partial charge on any atom is -0.343 e. The summed E-state index contributed by atoms with van der Waals surface area (Å²) in [5, 5.41) is 3.76. The van der Waals surface area contributed by atoms with Gasteiger partial charge in [0.05, 0.1) is 0 Å². The van der Waals surface area contributed by atoms with E-state index in [4.69, 9.17) is 0 Å². The molecule has 0 spiro atoms. The zero-order chi connectivity index (χ0) is 17.6. The largest absolute Gasteiger partial charge is 0.343 e. The highest BCUT2D eigenvalue weighted by Crippen LogP contribution is 2.30. The number of hydrogen-bond donors (Lipinski definition) is 1. The Labute approximate surface area is 154 Å². The van der Waals surface area contributed by atoms with Crippen LogP contribution in [0.5, 0.6) is 0 Å². The van der Waals surface area contributed by atoms with Crippen molar-refractivity contribution in [3.8, 4) is 0 Å². The van der Waals surface area contributed by atoms with E-state index < -0.39 is 0 Å². The number of hydrogen-bond acceptors (Lipinski definition) is 3. The highest BCUT2D eigenvalue weighted by Gasteiger charge is 2.32. The lowest BCUT2D eigenvalue weighted by Gasteiger charge is -2.44. The SMILES string of the molecule is C[C@H](CC(=O)N1CCCCCC1)N[C@@H](C)[C@H]1CCCN(C2CCC2)C1. The van der Waals surface area contributed by atoms with E-state index >= 15 is 0 Å². The standard InChI is InChI=1S/C21H39N3O/c1-17(15-21(25)23-12-5-3-4-6-13-23)22-18(2)19-9-8-14-24(16-19)20-10-7-11-20/h17-20,22H,3-16H2,1-2H3/t17-,18+,19+/m1/s1. The van der Waals surface area contributed by atoms with Crippen LogP contribution in [0.3, 0.4) is 0 Å². The predicted octanol–water partition coefficient (Wildman–Crippen LogP) is 3.41. The summed E-state index contributed by atoms with van der Waals surface area (Å²) in [5.74, 6) is 1.10. The van der Waals surface area contributed by atoms with Crippen LogP contribution < -0.4 is 5.32 Å². The third-order valence-electron chi connectivity index (χ3n) is 6.77. The normalized spacial score (nSPS) is 28.9. The fourth-order valence-corrected chi connectivity index (χ4v) is 4.89. The van der Waals surface area contributed by atoms with Crippen molar-refractivity contribution >= 4 is 5.91 Å². The van der Waals surface area contributed by atoms with Crippen molar-refractivity contribution in [2.45, 2.75) is 96.2 Å². The molecule has 2 saturated heterocycles. The zero-order valence-corrected chi connectivity index (χ0v) is 16.5. The fraction of sp³-hybridized carbons (Fsp3) is 0.952. The molecule has 2 aliphatic heterocycles. The van der Waals surface area contributed by atoms with Crippen molar-refractivity contribution < 1.29 is 4.79 Å². The van der Waals surface area contributed by atoms with Gasteiger partial charge >= 0.3 is 0 Å². The molecule has 3 fully saturated rings. The molecule has 0 aromatic carbocycles. The van der Waals surface area contributed by atoms with E-state index in [1.54, 1.807) is 0 Å². The number of piperidine rings is 1. The number of amides is 1. The molecule has 4 nitrogen and oxygen atoms in total. The summed E-state index contributed by atoms with van der Waals surface area (Å²) >= 11 is 0. The number of carbonyl (C=O) groups excluding carboxylic acids is 1. The topological polar surface area (TPSA) is 35.6 Å². The Morgan fingerprint density at radius 2 is 1.68 bits per heavy atom. The second-order valence-electron chi connectivity index (χ2n) is 8.84. The Morgan fingerprint density at radius 1 is 0.960 bits per heavy atom. The molecule has 144 valence electrons. The van der Waals surface area contributed by atoms with Gasteiger partial charge in [0.15, 0.2) is 0 Å². The average molecular weight is 350 g/mol. The van der Waals surface area contributed by atoms with Crippen LogP contribution in [-0.4, -0.2) is 60.0 Å². The molecule has 0 bridgehead atoms. The van der Waals surface area contributed by atoms with E-state index in [2.05, 4.69) is 29.0 Å². The Bertz CT molecular complexity index is 415. The second-order valence-corrected chi connectivity index (χ2v) is 8.84. The van der Waals surface area contributed by atoms with Gasteiger partial charge in [-0.05, 0) is 64.8 Å². The van der Waals surface area contributed by atoms with Crippen LogP contribution in [0.25, 0.3) is 0 Å². The molecule has 0 radical (unpaired) electrons. The van der Waals surface area contributed by atoms with Crippen LogP contribution in [0.4, 0.5) is 0 Å². The third kappa shape index (κ3) is 5.43. The minimum absolute atomic E-state index is 0.282. The summed E-state index contributed by atoms with van der Waals surface area (Å²) in [6, 6.07) is 1.66. The Kier molecular flexibility index (Phi) is 7.18. The summed E-state index contributed by atoms with van der Waals surface area (Å²) < 4.78 is 0. The molecule has 3 atom stereocenters. The van der Waals surface area contributed by atoms with Crippen molar-refractivity contribution in [3.05, 3.63) is 0 Å².